The van der Waals surface area contributed by atoms with E-state index < -0.39 is 6.10 Å². The van der Waals surface area contributed by atoms with Crippen LogP contribution in [0.1, 0.15) is 50.2 Å². The summed E-state index contributed by atoms with van der Waals surface area (Å²) >= 11 is 3.51. The highest BCUT2D eigenvalue weighted by Crippen LogP contribution is 2.35. The lowest BCUT2D eigenvalue weighted by atomic mass is 9.84. The van der Waals surface area contributed by atoms with Crippen molar-refractivity contribution in [2.75, 3.05) is 7.11 Å². The third-order valence-corrected chi connectivity index (χ3v) is 4.57. The van der Waals surface area contributed by atoms with Crippen molar-refractivity contribution in [2.45, 2.75) is 44.6 Å². The first-order valence-corrected chi connectivity index (χ1v) is 7.51. The molecule has 2 nitrogen and oxygen atoms in total. The number of rotatable bonds is 4. The van der Waals surface area contributed by atoms with Gasteiger partial charge in [0.15, 0.2) is 0 Å². The molecule has 3 heteroatoms. The molecule has 0 radical (unpaired) electrons. The lowest BCUT2D eigenvalue weighted by molar-refractivity contribution is 0.130. The summed E-state index contributed by atoms with van der Waals surface area (Å²) < 4.78 is 6.18. The maximum absolute atomic E-state index is 10.4. The number of aliphatic hydroxyl groups excluding tert-OH is 1. The van der Waals surface area contributed by atoms with Crippen molar-refractivity contribution in [2.24, 2.45) is 5.92 Å². The number of hydrogen-bond acceptors (Lipinski definition) is 2. The van der Waals surface area contributed by atoms with Gasteiger partial charge in [0, 0.05) is 4.47 Å². The second-order valence-electron chi connectivity index (χ2n) is 5.14. The average molecular weight is 313 g/mol. The zero-order valence-corrected chi connectivity index (χ0v) is 12.4. The van der Waals surface area contributed by atoms with Crippen molar-refractivity contribution in [3.8, 4) is 5.75 Å². The summed E-state index contributed by atoms with van der Waals surface area (Å²) in [6, 6.07) is 5.77. The van der Waals surface area contributed by atoms with Crippen molar-refractivity contribution in [1.82, 2.24) is 0 Å². The third kappa shape index (κ3) is 3.48. The van der Waals surface area contributed by atoms with Crippen LogP contribution in [0.5, 0.6) is 5.75 Å². The van der Waals surface area contributed by atoms with E-state index >= 15 is 0 Å². The molecule has 2 rings (SSSR count). The second-order valence-corrected chi connectivity index (χ2v) is 6.00. The fourth-order valence-electron chi connectivity index (χ4n) is 2.77. The van der Waals surface area contributed by atoms with Crippen LogP contribution >= 0.6 is 15.9 Å². The van der Waals surface area contributed by atoms with Crippen LogP contribution in [-0.4, -0.2) is 12.2 Å². The molecule has 1 aliphatic rings. The van der Waals surface area contributed by atoms with E-state index in [0.717, 1.165) is 22.2 Å². The molecule has 0 spiro atoms. The van der Waals surface area contributed by atoms with Gasteiger partial charge in [-0.3, -0.25) is 0 Å². The monoisotopic (exact) mass is 312 g/mol. The third-order valence-electron chi connectivity index (χ3n) is 3.84. The van der Waals surface area contributed by atoms with Gasteiger partial charge in [0.05, 0.1) is 13.2 Å². The number of hydrogen-bond donors (Lipinski definition) is 1. The normalized spacial score (nSPS) is 18.6. The molecule has 18 heavy (non-hydrogen) atoms. The standard InChI is InChI=1S/C15H21BrO2/c1-18-12-7-8-14(16)13(10-12)15(17)9-11-5-3-2-4-6-11/h7-8,10-11,15,17H,2-6,9H2,1H3. The Morgan fingerprint density at radius 3 is 2.72 bits per heavy atom. The zero-order valence-electron chi connectivity index (χ0n) is 10.9. The Kier molecular flexibility index (Phi) is 5.07. The highest BCUT2D eigenvalue weighted by molar-refractivity contribution is 9.10. The van der Waals surface area contributed by atoms with E-state index in [1.807, 2.05) is 18.2 Å². The molecule has 1 fully saturated rings. The van der Waals surface area contributed by atoms with Crippen molar-refractivity contribution in [1.29, 1.82) is 0 Å². The van der Waals surface area contributed by atoms with Gasteiger partial charge in [-0.25, -0.2) is 0 Å². The van der Waals surface area contributed by atoms with E-state index in [9.17, 15) is 5.11 Å². The van der Waals surface area contributed by atoms with Crippen molar-refractivity contribution in [3.05, 3.63) is 28.2 Å². The smallest absolute Gasteiger partial charge is 0.119 e. The summed E-state index contributed by atoms with van der Waals surface area (Å²) in [5.74, 6) is 1.47. The number of ether oxygens (including phenoxy) is 1. The average Bonchev–Trinajstić information content (AvgIpc) is 2.40. The lowest BCUT2D eigenvalue weighted by Gasteiger charge is -2.24. The van der Waals surface area contributed by atoms with Crippen LogP contribution in [0, 0.1) is 5.92 Å². The van der Waals surface area contributed by atoms with E-state index in [-0.39, 0.29) is 0 Å². The summed E-state index contributed by atoms with van der Waals surface area (Å²) in [4.78, 5) is 0. The van der Waals surface area contributed by atoms with E-state index in [1.165, 1.54) is 32.1 Å². The summed E-state index contributed by atoms with van der Waals surface area (Å²) in [6.07, 6.45) is 6.99. The van der Waals surface area contributed by atoms with E-state index in [4.69, 9.17) is 4.74 Å². The minimum atomic E-state index is -0.391. The fourth-order valence-corrected chi connectivity index (χ4v) is 3.28. The Labute approximate surface area is 117 Å². The van der Waals surface area contributed by atoms with Crippen molar-refractivity contribution in [3.63, 3.8) is 0 Å². The van der Waals surface area contributed by atoms with Gasteiger partial charge in [0.25, 0.3) is 0 Å². The first kappa shape index (κ1) is 13.9. The molecule has 0 aliphatic heterocycles. The highest BCUT2D eigenvalue weighted by atomic mass is 79.9. The minimum absolute atomic E-state index is 0.391. The molecule has 0 amide bonds. The second kappa shape index (κ2) is 6.58. The Morgan fingerprint density at radius 1 is 1.33 bits per heavy atom. The fraction of sp³-hybridized carbons (Fsp3) is 0.600. The van der Waals surface area contributed by atoms with Gasteiger partial charge in [-0.2, -0.15) is 0 Å². The van der Waals surface area contributed by atoms with E-state index in [2.05, 4.69) is 15.9 Å². The molecular formula is C15H21BrO2. The molecule has 100 valence electrons. The van der Waals surface area contributed by atoms with Crippen LogP contribution in [0.4, 0.5) is 0 Å². The number of halogens is 1. The first-order chi connectivity index (χ1) is 8.70. The molecule has 0 saturated heterocycles. The van der Waals surface area contributed by atoms with Gasteiger partial charge >= 0.3 is 0 Å². The van der Waals surface area contributed by atoms with E-state index in [1.54, 1.807) is 7.11 Å². The minimum Gasteiger partial charge on any atom is -0.497 e. The topological polar surface area (TPSA) is 29.5 Å². The summed E-state index contributed by atoms with van der Waals surface area (Å²) in [5.41, 5.74) is 0.944. The Hall–Kier alpha value is -0.540. The largest absolute Gasteiger partial charge is 0.497 e. The van der Waals surface area contributed by atoms with Crippen LogP contribution in [0.15, 0.2) is 22.7 Å². The molecule has 1 N–H and O–H groups in total. The zero-order chi connectivity index (χ0) is 13.0. The van der Waals surface area contributed by atoms with Crippen LogP contribution in [0.3, 0.4) is 0 Å². The maximum Gasteiger partial charge on any atom is 0.119 e. The summed E-state index contributed by atoms with van der Waals surface area (Å²) in [7, 11) is 1.65. The molecule has 1 saturated carbocycles. The summed E-state index contributed by atoms with van der Waals surface area (Å²) in [6.45, 7) is 0. The van der Waals surface area contributed by atoms with Crippen molar-refractivity contribution < 1.29 is 9.84 Å². The number of methoxy groups -OCH3 is 1. The quantitative estimate of drug-likeness (QED) is 0.889. The van der Waals surface area contributed by atoms with Crippen LogP contribution < -0.4 is 4.74 Å². The maximum atomic E-state index is 10.4. The van der Waals surface area contributed by atoms with Crippen LogP contribution in [0.2, 0.25) is 0 Å². The summed E-state index contributed by atoms with van der Waals surface area (Å²) in [5, 5.41) is 10.4. The molecule has 1 aromatic carbocycles. The molecule has 1 aromatic rings. The van der Waals surface area contributed by atoms with Crippen LogP contribution in [-0.2, 0) is 0 Å². The van der Waals surface area contributed by atoms with Crippen molar-refractivity contribution >= 4 is 15.9 Å². The Bertz CT molecular complexity index is 386. The molecule has 0 bridgehead atoms. The molecule has 1 aliphatic carbocycles. The Morgan fingerprint density at radius 2 is 2.06 bits per heavy atom. The predicted molar refractivity (Wildman–Crippen MR) is 76.8 cm³/mol. The first-order valence-electron chi connectivity index (χ1n) is 6.72. The Balaban J connectivity index is 2.04. The van der Waals surface area contributed by atoms with E-state index in [0.29, 0.717) is 5.92 Å². The van der Waals surface area contributed by atoms with Gasteiger partial charge in [0.1, 0.15) is 5.75 Å². The number of benzene rings is 1. The molecule has 1 atom stereocenters. The predicted octanol–water partition coefficient (Wildman–Crippen LogP) is 4.46. The van der Waals surface area contributed by atoms with Gasteiger partial charge in [-0.15, -0.1) is 0 Å². The van der Waals surface area contributed by atoms with Crippen LogP contribution in [0.25, 0.3) is 0 Å². The molecule has 0 heterocycles. The van der Waals surface area contributed by atoms with Gasteiger partial charge < -0.3 is 9.84 Å². The lowest BCUT2D eigenvalue weighted by Crippen LogP contribution is -2.11. The SMILES string of the molecule is COc1ccc(Br)c(C(O)CC2CCCCC2)c1. The number of aliphatic hydroxyl groups is 1. The highest BCUT2D eigenvalue weighted by Gasteiger charge is 2.20. The molecule has 1 unspecified atom stereocenters. The van der Waals surface area contributed by atoms with Gasteiger partial charge in [0.2, 0.25) is 0 Å². The van der Waals surface area contributed by atoms with Gasteiger partial charge in [-0.1, -0.05) is 48.0 Å². The molecular weight excluding hydrogens is 292 g/mol. The molecule has 0 aromatic heterocycles. The van der Waals surface area contributed by atoms with Gasteiger partial charge in [-0.05, 0) is 36.1 Å².